The largest absolute Gasteiger partial charge is 0.390 e. The fourth-order valence-electron chi connectivity index (χ4n) is 1.13. The predicted molar refractivity (Wildman–Crippen MR) is 68.0 cm³/mol. The summed E-state index contributed by atoms with van der Waals surface area (Å²) in [6, 6.07) is 0. The van der Waals surface area contributed by atoms with Crippen molar-refractivity contribution in [1.29, 1.82) is 0 Å². The Hall–Kier alpha value is 1.40. The molecule has 1 aliphatic rings. The highest BCUT2D eigenvalue weighted by Crippen LogP contribution is 2.18. The fourth-order valence-corrected chi connectivity index (χ4v) is 1.13. The highest BCUT2D eigenvalue weighted by Gasteiger charge is 2.28. The molecule has 0 heterocycles. The molecule has 0 aromatic heterocycles. The quantitative estimate of drug-likeness (QED) is 0.328. The number of aliphatic hydroxyl groups is 3. The summed E-state index contributed by atoms with van der Waals surface area (Å²) in [5.41, 5.74) is 0. The molecule has 0 bridgehead atoms. The molecule has 0 unspecified atom stereocenters. The van der Waals surface area contributed by atoms with E-state index in [2.05, 4.69) is 22.4 Å². The Labute approximate surface area is 101 Å². The maximum Gasteiger partial charge on any atom is 0.106 e. The molecule has 0 spiro atoms. The minimum absolute atomic E-state index is 0.224. The van der Waals surface area contributed by atoms with Gasteiger partial charge in [-0.05, 0) is 19.3 Å². The monoisotopic (exact) mass is 355 g/mol. The normalized spacial score (nSPS) is 29.6. The second-order valence-electron chi connectivity index (χ2n) is 2.75. The Kier molecular flexibility index (Phi) is 8.49. The van der Waals surface area contributed by atoms with Crippen molar-refractivity contribution in [3.8, 4) is 0 Å². The van der Waals surface area contributed by atoms with Gasteiger partial charge in [0.25, 0.3) is 0 Å². The summed E-state index contributed by atoms with van der Waals surface area (Å²) in [7, 11) is 0. The van der Waals surface area contributed by atoms with E-state index in [0.717, 1.165) is 6.42 Å². The molecule has 1 rings (SSSR count). The summed E-state index contributed by atoms with van der Waals surface area (Å²) in [6.45, 7) is 0. The molecule has 0 aromatic carbocycles. The Morgan fingerprint density at radius 2 is 1.38 bits per heavy atom. The maximum atomic E-state index is 8.95. The summed E-state index contributed by atoms with van der Waals surface area (Å²) < 4.78 is 0. The molecule has 0 aliphatic heterocycles. The Balaban J connectivity index is 0.000000310. The van der Waals surface area contributed by atoms with Crippen LogP contribution >= 0.6 is 21.2 Å². The van der Waals surface area contributed by atoms with Crippen molar-refractivity contribution in [2.24, 2.45) is 0 Å². The van der Waals surface area contributed by atoms with E-state index >= 15 is 0 Å². The third-order valence-electron chi connectivity index (χ3n) is 1.79. The number of hydrogen-bond donors (Lipinski definition) is 3. The molecule has 1 fully saturated rings. The molecule has 1 saturated carbocycles. The highest BCUT2D eigenvalue weighted by atomic mass is 127. The smallest absolute Gasteiger partial charge is 0.106 e. The average molecular weight is 355 g/mol. The Morgan fingerprint density at radius 3 is 1.62 bits per heavy atom. The van der Waals surface area contributed by atoms with Crippen molar-refractivity contribution in [2.45, 2.75) is 37.6 Å². The van der Waals surface area contributed by atoms with Crippen LogP contribution in [0.3, 0.4) is 0 Å². The number of rotatable bonds is 0. The summed E-state index contributed by atoms with van der Waals surface area (Å²) in [5, 5.41) is 26.6. The van der Waals surface area contributed by atoms with E-state index in [0.29, 0.717) is 12.8 Å². The van der Waals surface area contributed by atoms with Gasteiger partial charge in [0.1, 0.15) is 6.10 Å². The van der Waals surface area contributed by atoms with Crippen LogP contribution in [0.4, 0.5) is 0 Å². The van der Waals surface area contributed by atoms with Crippen molar-refractivity contribution in [1.82, 2.24) is 0 Å². The zero-order valence-corrected chi connectivity index (χ0v) is 11.4. The maximum absolute atomic E-state index is 8.95. The van der Waals surface area contributed by atoms with Gasteiger partial charge in [0.15, 0.2) is 0 Å². The van der Waals surface area contributed by atoms with Crippen LogP contribution in [-0.2, 0) is 27.6 Å². The summed E-state index contributed by atoms with van der Waals surface area (Å²) >= 11 is 10.9. The van der Waals surface area contributed by atoms with E-state index in [1.165, 1.54) is 0 Å². The third-order valence-corrected chi connectivity index (χ3v) is 1.79. The van der Waals surface area contributed by atoms with E-state index in [1.54, 1.807) is 0 Å². The van der Waals surface area contributed by atoms with Crippen LogP contribution in [-0.4, -0.2) is 33.6 Å². The van der Waals surface area contributed by atoms with Crippen LogP contribution in [0.25, 0.3) is 0 Å². The van der Waals surface area contributed by atoms with Crippen LogP contribution in [0.5, 0.6) is 0 Å². The lowest BCUT2D eigenvalue weighted by atomic mass is 9.92. The van der Waals surface area contributed by atoms with Crippen LogP contribution in [0, 0.1) is 0 Å². The topological polar surface area (TPSA) is 60.7 Å². The van der Waals surface area contributed by atoms with Crippen molar-refractivity contribution in [2.75, 3.05) is 0 Å². The third kappa shape index (κ3) is 7.34. The number of halogens is 1. The van der Waals surface area contributed by atoms with Crippen molar-refractivity contribution >= 4 is 48.8 Å². The van der Waals surface area contributed by atoms with Crippen molar-refractivity contribution < 1.29 is 15.3 Å². The molecule has 0 amide bonds. The first-order chi connectivity index (χ1) is 5.95. The second kappa shape index (κ2) is 7.66. The van der Waals surface area contributed by atoms with Crippen LogP contribution < -0.4 is 0 Å². The lowest BCUT2D eigenvalue weighted by Gasteiger charge is -2.27. The Bertz CT molecular complexity index is 191. The summed E-state index contributed by atoms with van der Waals surface area (Å²) in [5.74, 6) is 0. The predicted octanol–water partition coefficient (Wildman–Crippen LogP) is 0.132. The zero-order valence-electron chi connectivity index (χ0n) is 6.80. The van der Waals surface area contributed by atoms with Gasteiger partial charge in [-0.1, -0.05) is 0 Å². The van der Waals surface area contributed by atoms with Gasteiger partial charge >= 0.3 is 0 Å². The zero-order chi connectivity index (χ0) is 10.4. The number of aliphatic hydroxyl groups excluding tert-OH is 3. The summed E-state index contributed by atoms with van der Waals surface area (Å²) in [6.07, 6.45) is -0.322. The first-order valence-corrected chi connectivity index (χ1v) is 9.36. The standard InChI is InChI=1S/C6H12O3.IS3/c7-4-2-1-3-5(8)6(4)9;1-4(2)3/h4-9H,1-3H2;/q;-1/t4-,5-;/m1./s1. The van der Waals surface area contributed by atoms with Crippen LogP contribution in [0.2, 0.25) is 0 Å². The first-order valence-electron chi connectivity index (χ1n) is 3.75. The van der Waals surface area contributed by atoms with Gasteiger partial charge in [-0.15, -0.1) is 0 Å². The first kappa shape index (κ1) is 14.4. The molecule has 0 saturated heterocycles. The molecule has 7 heteroatoms. The fraction of sp³-hybridized carbons (Fsp3) is 1.00. The molecule has 0 aromatic rings. The highest BCUT2D eigenvalue weighted by molar-refractivity contribution is 14.2. The summed E-state index contributed by atoms with van der Waals surface area (Å²) in [4.78, 5) is 0. The minimum atomic E-state index is -0.918. The van der Waals surface area contributed by atoms with E-state index in [9.17, 15) is 0 Å². The van der Waals surface area contributed by atoms with Gasteiger partial charge in [0.2, 0.25) is 0 Å². The van der Waals surface area contributed by atoms with Gasteiger partial charge in [-0.3, -0.25) is 5.18 Å². The van der Waals surface area contributed by atoms with Crippen molar-refractivity contribution in [3.63, 3.8) is 0 Å². The lowest BCUT2D eigenvalue weighted by Crippen LogP contribution is -2.40. The van der Waals surface area contributed by atoms with E-state index in [4.69, 9.17) is 15.3 Å². The molecular formula is C6H12IO3S3-. The van der Waals surface area contributed by atoms with Gasteiger partial charge in [0, 0.05) is 0 Å². The molecule has 1 aliphatic carbocycles. The van der Waals surface area contributed by atoms with E-state index in [-0.39, 0.29) is 5.18 Å². The van der Waals surface area contributed by atoms with Gasteiger partial charge < -0.3 is 15.3 Å². The van der Waals surface area contributed by atoms with Gasteiger partial charge in [0.05, 0.1) is 12.2 Å². The molecule has 80 valence electrons. The second-order valence-corrected chi connectivity index (χ2v) is 12.0. The molecule has 3 N–H and O–H groups in total. The molecule has 0 radical (unpaired) electrons. The molecule has 3 nitrogen and oxygen atoms in total. The lowest BCUT2D eigenvalue weighted by molar-refractivity contribution is -0.0843. The average Bonchev–Trinajstić information content (AvgIpc) is 1.99. The van der Waals surface area contributed by atoms with E-state index in [1.807, 2.05) is 21.2 Å². The van der Waals surface area contributed by atoms with E-state index < -0.39 is 18.3 Å². The van der Waals surface area contributed by atoms with Gasteiger partial charge in [-0.2, -0.15) is 0 Å². The SMILES string of the molecule is OC1[C@H](O)CCC[C@H]1O.S=[S-](=S)I. The van der Waals surface area contributed by atoms with Gasteiger partial charge in [-0.25, -0.2) is 43.6 Å². The minimum Gasteiger partial charge on any atom is -0.390 e. The van der Waals surface area contributed by atoms with Crippen molar-refractivity contribution in [3.05, 3.63) is 0 Å². The molecular weight excluding hydrogens is 343 g/mol. The Morgan fingerprint density at radius 1 is 1.08 bits per heavy atom. The molecule has 13 heavy (non-hydrogen) atoms. The van der Waals surface area contributed by atoms with Crippen LogP contribution in [0.1, 0.15) is 19.3 Å². The molecule has 2 atom stereocenters. The van der Waals surface area contributed by atoms with Crippen LogP contribution in [0.15, 0.2) is 0 Å². The number of hydrogen-bond acceptors (Lipinski definition) is 6.